The lowest BCUT2D eigenvalue weighted by atomic mass is 10.2. The first-order valence-corrected chi connectivity index (χ1v) is 11.5. The molecule has 4 nitrogen and oxygen atoms in total. The minimum Gasteiger partial charge on any atom is -0.278 e. The number of hydrogen-bond acceptors (Lipinski definition) is 5. The number of fused-ring (bicyclic) bond motifs is 1. The predicted octanol–water partition coefficient (Wildman–Crippen LogP) is 5.82. The van der Waals surface area contributed by atoms with Gasteiger partial charge in [0.2, 0.25) is 0 Å². The first-order chi connectivity index (χ1) is 14.2. The molecule has 4 rings (SSSR count). The average molecular weight is 420 g/mol. The highest BCUT2D eigenvalue weighted by atomic mass is 32.2. The van der Waals surface area contributed by atoms with Gasteiger partial charge in [0.05, 0.1) is 22.5 Å². The number of aryl methyl sites for hydroxylation is 1. The van der Waals surface area contributed by atoms with E-state index >= 15 is 0 Å². The Balaban J connectivity index is 1.76. The lowest BCUT2D eigenvalue weighted by Gasteiger charge is -2.20. The van der Waals surface area contributed by atoms with E-state index in [4.69, 9.17) is 4.98 Å². The summed E-state index contributed by atoms with van der Waals surface area (Å²) in [5.41, 5.74) is 3.67. The smallest absolute Gasteiger partial charge is 0.260 e. The molecule has 0 aliphatic rings. The Kier molecular flexibility index (Phi) is 5.92. The molecule has 0 N–H and O–H groups in total. The van der Waals surface area contributed by atoms with Crippen molar-refractivity contribution in [3.05, 3.63) is 83.7 Å². The topological polar surface area (TPSA) is 46.1 Å². The molecule has 0 aliphatic heterocycles. The van der Waals surface area contributed by atoms with Crippen molar-refractivity contribution in [1.82, 2.24) is 9.97 Å². The van der Waals surface area contributed by atoms with Gasteiger partial charge in [-0.2, -0.15) is 0 Å². The first-order valence-electron chi connectivity index (χ1n) is 9.43. The molecule has 0 radical (unpaired) electrons. The van der Waals surface area contributed by atoms with Gasteiger partial charge < -0.3 is 0 Å². The molecule has 0 bridgehead atoms. The molecule has 29 heavy (non-hydrogen) atoms. The van der Waals surface area contributed by atoms with Crippen LogP contribution in [0.5, 0.6) is 0 Å². The molecule has 0 saturated carbocycles. The molecule has 0 atom stereocenters. The van der Waals surface area contributed by atoms with Crippen LogP contribution in [0.2, 0.25) is 0 Å². The number of rotatable bonds is 6. The van der Waals surface area contributed by atoms with Gasteiger partial charge in [0.1, 0.15) is 0 Å². The van der Waals surface area contributed by atoms with Crippen molar-refractivity contribution in [2.24, 2.45) is 0 Å². The molecular formula is C23H21N3OS2. The number of pyridine rings is 1. The van der Waals surface area contributed by atoms with Crippen molar-refractivity contribution in [2.75, 3.05) is 11.2 Å². The number of carbonyl (C=O) groups excluding carboxylic acids is 1. The van der Waals surface area contributed by atoms with Gasteiger partial charge in [-0.15, -0.1) is 11.8 Å². The zero-order valence-electron chi connectivity index (χ0n) is 16.3. The molecule has 2 heterocycles. The number of anilines is 1. The van der Waals surface area contributed by atoms with Gasteiger partial charge in [-0.05, 0) is 60.7 Å². The number of carbonyl (C=O) groups is 1. The van der Waals surface area contributed by atoms with Gasteiger partial charge in [-0.25, -0.2) is 4.98 Å². The summed E-state index contributed by atoms with van der Waals surface area (Å²) >= 11 is 3.17. The van der Waals surface area contributed by atoms with Crippen LogP contribution in [0.1, 0.15) is 28.5 Å². The molecule has 1 amide bonds. The summed E-state index contributed by atoms with van der Waals surface area (Å²) in [6, 6.07) is 19.8. The van der Waals surface area contributed by atoms with Crippen LogP contribution in [0, 0.1) is 0 Å². The Morgan fingerprint density at radius 1 is 1.10 bits per heavy atom. The third kappa shape index (κ3) is 4.33. The number of thioether (sulfide) groups is 1. The highest BCUT2D eigenvalue weighted by molar-refractivity contribution is 7.98. The van der Waals surface area contributed by atoms with Crippen LogP contribution in [-0.2, 0) is 13.0 Å². The molecule has 2 aromatic heterocycles. The second kappa shape index (κ2) is 8.76. The normalized spacial score (nSPS) is 11.0. The Morgan fingerprint density at radius 3 is 2.76 bits per heavy atom. The lowest BCUT2D eigenvalue weighted by molar-refractivity contribution is 0.0984. The van der Waals surface area contributed by atoms with E-state index in [0.717, 1.165) is 27.2 Å². The Hall–Kier alpha value is -2.70. The maximum Gasteiger partial charge on any atom is 0.260 e. The summed E-state index contributed by atoms with van der Waals surface area (Å²) in [5.74, 6) is -0.0682. The molecule has 0 aliphatic carbocycles. The largest absolute Gasteiger partial charge is 0.278 e. The number of benzene rings is 2. The number of hydrogen-bond donors (Lipinski definition) is 0. The Labute approximate surface area is 178 Å². The van der Waals surface area contributed by atoms with Gasteiger partial charge in [0, 0.05) is 16.7 Å². The predicted molar refractivity (Wildman–Crippen MR) is 122 cm³/mol. The van der Waals surface area contributed by atoms with E-state index in [2.05, 4.69) is 24.0 Å². The highest BCUT2D eigenvalue weighted by Crippen LogP contribution is 2.32. The minimum absolute atomic E-state index is 0.0682. The number of thiazole rings is 1. The van der Waals surface area contributed by atoms with Gasteiger partial charge in [0.15, 0.2) is 5.13 Å². The molecule has 0 unspecified atom stereocenters. The van der Waals surface area contributed by atoms with Crippen molar-refractivity contribution in [3.8, 4) is 0 Å². The van der Waals surface area contributed by atoms with Crippen LogP contribution in [0.15, 0.2) is 71.8 Å². The molecular weight excluding hydrogens is 398 g/mol. The van der Waals surface area contributed by atoms with Gasteiger partial charge >= 0.3 is 0 Å². The fraction of sp³-hybridized carbons (Fsp3) is 0.174. The van der Waals surface area contributed by atoms with Crippen molar-refractivity contribution in [1.29, 1.82) is 0 Å². The standard InChI is InChI=1S/C23H21N3OS2/c1-3-16-10-11-20-21(13-16)29-23(25-20)26(15-18-8-4-5-12-24-18)22(27)17-7-6-9-19(14-17)28-2/h4-14H,3,15H2,1-2H3. The number of nitrogens with zero attached hydrogens (tertiary/aromatic N) is 3. The first kappa shape index (κ1) is 19.6. The third-order valence-corrected chi connectivity index (χ3v) is 6.46. The molecule has 0 spiro atoms. The second-order valence-electron chi connectivity index (χ2n) is 6.60. The molecule has 0 fully saturated rings. The van der Waals surface area contributed by atoms with E-state index in [1.807, 2.05) is 54.8 Å². The Bertz CT molecular complexity index is 1140. The number of aromatic nitrogens is 2. The zero-order valence-corrected chi connectivity index (χ0v) is 18.0. The van der Waals surface area contributed by atoms with E-state index < -0.39 is 0 Å². The summed E-state index contributed by atoms with van der Waals surface area (Å²) in [4.78, 5) is 25.4. The fourth-order valence-corrected chi connectivity index (χ4v) is 4.57. The zero-order chi connectivity index (χ0) is 20.2. The van der Waals surface area contributed by atoms with E-state index in [0.29, 0.717) is 17.2 Å². The average Bonchev–Trinajstić information content (AvgIpc) is 3.20. The quantitative estimate of drug-likeness (QED) is 0.369. The minimum atomic E-state index is -0.0682. The van der Waals surface area contributed by atoms with E-state index in [9.17, 15) is 4.79 Å². The Morgan fingerprint density at radius 2 is 2.00 bits per heavy atom. The molecule has 0 saturated heterocycles. The van der Waals surface area contributed by atoms with Crippen LogP contribution in [0.25, 0.3) is 10.2 Å². The molecule has 146 valence electrons. The summed E-state index contributed by atoms with van der Waals surface area (Å²) in [6.07, 6.45) is 4.73. The van der Waals surface area contributed by atoms with E-state index in [1.165, 1.54) is 5.56 Å². The van der Waals surface area contributed by atoms with Crippen molar-refractivity contribution < 1.29 is 4.79 Å². The van der Waals surface area contributed by atoms with Gasteiger partial charge in [-0.1, -0.05) is 36.5 Å². The fourth-order valence-electron chi connectivity index (χ4n) is 3.08. The van der Waals surface area contributed by atoms with E-state index in [1.54, 1.807) is 34.2 Å². The van der Waals surface area contributed by atoms with E-state index in [-0.39, 0.29) is 5.91 Å². The van der Waals surface area contributed by atoms with Crippen LogP contribution in [0.4, 0.5) is 5.13 Å². The van der Waals surface area contributed by atoms with Crippen molar-refractivity contribution in [2.45, 2.75) is 24.8 Å². The van der Waals surface area contributed by atoms with Gasteiger partial charge in [0.25, 0.3) is 5.91 Å². The van der Waals surface area contributed by atoms with Crippen LogP contribution >= 0.6 is 23.1 Å². The summed E-state index contributed by atoms with van der Waals surface area (Å²) in [6.45, 7) is 2.52. The summed E-state index contributed by atoms with van der Waals surface area (Å²) in [7, 11) is 0. The molecule has 6 heteroatoms. The maximum absolute atomic E-state index is 13.5. The molecule has 2 aromatic carbocycles. The highest BCUT2D eigenvalue weighted by Gasteiger charge is 2.22. The monoisotopic (exact) mass is 419 g/mol. The third-order valence-electron chi connectivity index (χ3n) is 4.69. The van der Waals surface area contributed by atoms with Crippen LogP contribution in [-0.4, -0.2) is 22.1 Å². The second-order valence-corrected chi connectivity index (χ2v) is 8.49. The van der Waals surface area contributed by atoms with Crippen LogP contribution in [0.3, 0.4) is 0 Å². The number of amides is 1. The van der Waals surface area contributed by atoms with Crippen molar-refractivity contribution >= 4 is 44.4 Å². The van der Waals surface area contributed by atoms with Crippen molar-refractivity contribution in [3.63, 3.8) is 0 Å². The summed E-state index contributed by atoms with van der Waals surface area (Å²) < 4.78 is 1.09. The molecule has 4 aromatic rings. The van der Waals surface area contributed by atoms with Crippen LogP contribution < -0.4 is 4.90 Å². The van der Waals surface area contributed by atoms with Gasteiger partial charge in [-0.3, -0.25) is 14.7 Å². The summed E-state index contributed by atoms with van der Waals surface area (Å²) in [5, 5.41) is 0.693. The lowest BCUT2D eigenvalue weighted by Crippen LogP contribution is -2.30. The maximum atomic E-state index is 13.5. The SMILES string of the molecule is CCc1ccc2nc(N(Cc3ccccn3)C(=O)c3cccc(SC)c3)sc2c1.